The van der Waals surface area contributed by atoms with Crippen LogP contribution in [0.5, 0.6) is 0 Å². The van der Waals surface area contributed by atoms with Crippen LogP contribution in [-0.2, 0) is 6.54 Å². The predicted molar refractivity (Wildman–Crippen MR) is 76.9 cm³/mol. The Hall–Kier alpha value is -2.43. The second kappa shape index (κ2) is 6.14. The highest BCUT2D eigenvalue weighted by Gasteiger charge is 2.15. The van der Waals surface area contributed by atoms with Gasteiger partial charge < -0.3 is 10.0 Å². The summed E-state index contributed by atoms with van der Waals surface area (Å²) in [5.74, 6) is -0.969. The minimum absolute atomic E-state index is 0.210. The molecule has 0 spiro atoms. The molecule has 0 aliphatic carbocycles. The van der Waals surface area contributed by atoms with Crippen molar-refractivity contribution < 1.29 is 9.90 Å². The number of nitrogens with zero attached hydrogens (tertiary/aromatic N) is 3. The van der Waals surface area contributed by atoms with Crippen LogP contribution in [0.15, 0.2) is 36.7 Å². The molecule has 1 N–H and O–H groups in total. The molecule has 0 atom stereocenters. The van der Waals surface area contributed by atoms with Gasteiger partial charge in [-0.1, -0.05) is 6.07 Å². The SMILES string of the molecule is CCN(Cc1cccc(C)n1)c1ccncc1C(=O)O. The summed E-state index contributed by atoms with van der Waals surface area (Å²) in [6, 6.07) is 7.56. The zero-order valence-electron chi connectivity index (χ0n) is 11.6. The Balaban J connectivity index is 2.31. The molecule has 0 aromatic carbocycles. The Morgan fingerprint density at radius 1 is 1.35 bits per heavy atom. The minimum atomic E-state index is -0.969. The van der Waals surface area contributed by atoms with Crippen LogP contribution >= 0.6 is 0 Å². The van der Waals surface area contributed by atoms with Gasteiger partial charge in [0.15, 0.2) is 0 Å². The van der Waals surface area contributed by atoms with Gasteiger partial charge in [0.05, 0.1) is 17.9 Å². The summed E-state index contributed by atoms with van der Waals surface area (Å²) in [5, 5.41) is 9.24. The summed E-state index contributed by atoms with van der Waals surface area (Å²) in [7, 11) is 0. The van der Waals surface area contributed by atoms with Crippen LogP contribution in [0.1, 0.15) is 28.7 Å². The van der Waals surface area contributed by atoms with E-state index in [0.29, 0.717) is 18.8 Å². The molecule has 104 valence electrons. The Morgan fingerprint density at radius 2 is 2.15 bits per heavy atom. The molecule has 0 bridgehead atoms. The van der Waals surface area contributed by atoms with Gasteiger partial charge in [0, 0.05) is 24.6 Å². The second-order valence-electron chi connectivity index (χ2n) is 4.48. The largest absolute Gasteiger partial charge is 0.478 e. The van der Waals surface area contributed by atoms with Crippen molar-refractivity contribution in [2.45, 2.75) is 20.4 Å². The first kappa shape index (κ1) is 14.0. The number of carboxylic acid groups (broad SMARTS) is 1. The number of carbonyl (C=O) groups is 1. The van der Waals surface area contributed by atoms with Crippen LogP contribution in [0.4, 0.5) is 5.69 Å². The smallest absolute Gasteiger partial charge is 0.339 e. The molecule has 0 saturated carbocycles. The van der Waals surface area contributed by atoms with Gasteiger partial charge in [-0.3, -0.25) is 9.97 Å². The van der Waals surface area contributed by atoms with E-state index in [0.717, 1.165) is 11.4 Å². The van der Waals surface area contributed by atoms with Gasteiger partial charge in [-0.25, -0.2) is 4.79 Å². The van der Waals surface area contributed by atoms with Gasteiger partial charge in [0.1, 0.15) is 5.56 Å². The first-order valence-electron chi connectivity index (χ1n) is 6.46. The third-order valence-corrected chi connectivity index (χ3v) is 3.05. The standard InChI is InChI=1S/C15H17N3O2/c1-3-18(10-12-6-4-5-11(2)17-12)14-7-8-16-9-13(14)15(19)20/h4-9H,3,10H2,1-2H3,(H,19,20). The van der Waals surface area contributed by atoms with Crippen LogP contribution in [-0.4, -0.2) is 27.6 Å². The van der Waals surface area contributed by atoms with Crippen LogP contribution in [0.25, 0.3) is 0 Å². The summed E-state index contributed by atoms with van der Waals surface area (Å²) in [5.41, 5.74) is 2.74. The fourth-order valence-corrected chi connectivity index (χ4v) is 2.08. The van der Waals surface area contributed by atoms with E-state index in [1.165, 1.54) is 6.20 Å². The maximum atomic E-state index is 11.3. The molecular formula is C15H17N3O2. The lowest BCUT2D eigenvalue weighted by atomic mass is 10.2. The molecule has 0 radical (unpaired) electrons. The molecule has 5 heteroatoms. The van der Waals surface area contributed by atoms with E-state index in [4.69, 9.17) is 0 Å². The van der Waals surface area contributed by atoms with Gasteiger partial charge in [-0.15, -0.1) is 0 Å². The number of aromatic carboxylic acids is 1. The average molecular weight is 271 g/mol. The quantitative estimate of drug-likeness (QED) is 0.905. The lowest BCUT2D eigenvalue weighted by Gasteiger charge is -2.24. The lowest BCUT2D eigenvalue weighted by molar-refractivity contribution is 0.0697. The van der Waals surface area contributed by atoms with Crippen LogP contribution in [0.3, 0.4) is 0 Å². The molecule has 0 fully saturated rings. The Kier molecular flexibility index (Phi) is 4.30. The van der Waals surface area contributed by atoms with Crippen molar-refractivity contribution in [3.05, 3.63) is 53.6 Å². The summed E-state index contributed by atoms with van der Waals surface area (Å²) < 4.78 is 0. The molecule has 2 aromatic heterocycles. The van der Waals surface area contributed by atoms with Crippen LogP contribution < -0.4 is 4.90 Å². The Morgan fingerprint density at radius 3 is 2.80 bits per heavy atom. The fourth-order valence-electron chi connectivity index (χ4n) is 2.08. The summed E-state index contributed by atoms with van der Waals surface area (Å²) in [6.07, 6.45) is 2.98. The highest BCUT2D eigenvalue weighted by atomic mass is 16.4. The normalized spacial score (nSPS) is 10.3. The predicted octanol–water partition coefficient (Wildman–Crippen LogP) is 2.51. The molecule has 2 heterocycles. The first-order valence-corrected chi connectivity index (χ1v) is 6.46. The third kappa shape index (κ3) is 3.12. The first-order chi connectivity index (χ1) is 9.61. The van der Waals surface area contributed by atoms with Crippen molar-refractivity contribution in [2.24, 2.45) is 0 Å². The summed E-state index contributed by atoms with van der Waals surface area (Å²) in [4.78, 5) is 21.6. The molecule has 20 heavy (non-hydrogen) atoms. The van der Waals surface area contributed by atoms with E-state index in [1.807, 2.05) is 36.9 Å². The van der Waals surface area contributed by atoms with Gasteiger partial charge >= 0.3 is 5.97 Å². The highest BCUT2D eigenvalue weighted by Crippen LogP contribution is 2.21. The van der Waals surface area contributed by atoms with Crippen LogP contribution in [0.2, 0.25) is 0 Å². The fraction of sp³-hybridized carbons (Fsp3) is 0.267. The number of aryl methyl sites for hydroxylation is 1. The number of carboxylic acids is 1. The molecule has 0 aliphatic rings. The van der Waals surface area contributed by atoms with E-state index in [-0.39, 0.29) is 5.56 Å². The van der Waals surface area contributed by atoms with E-state index in [1.54, 1.807) is 12.3 Å². The topological polar surface area (TPSA) is 66.3 Å². The van der Waals surface area contributed by atoms with E-state index in [9.17, 15) is 9.90 Å². The zero-order chi connectivity index (χ0) is 14.5. The average Bonchev–Trinajstić information content (AvgIpc) is 2.45. The van der Waals surface area contributed by atoms with Gasteiger partial charge in [-0.2, -0.15) is 0 Å². The second-order valence-corrected chi connectivity index (χ2v) is 4.48. The van der Waals surface area contributed by atoms with Gasteiger partial charge in [0.2, 0.25) is 0 Å². The van der Waals surface area contributed by atoms with E-state index in [2.05, 4.69) is 9.97 Å². The van der Waals surface area contributed by atoms with Crippen LogP contribution in [0, 0.1) is 6.92 Å². The Labute approximate surface area is 117 Å². The van der Waals surface area contributed by atoms with Crippen molar-refractivity contribution in [1.82, 2.24) is 9.97 Å². The summed E-state index contributed by atoms with van der Waals surface area (Å²) in [6.45, 7) is 5.19. The molecule has 0 amide bonds. The molecule has 0 saturated heterocycles. The Bertz CT molecular complexity index is 614. The van der Waals surface area contributed by atoms with Crippen molar-refractivity contribution >= 4 is 11.7 Å². The number of anilines is 1. The summed E-state index contributed by atoms with van der Waals surface area (Å²) >= 11 is 0. The number of rotatable bonds is 5. The molecule has 2 rings (SSSR count). The number of hydrogen-bond acceptors (Lipinski definition) is 4. The minimum Gasteiger partial charge on any atom is -0.478 e. The maximum absolute atomic E-state index is 11.3. The molecule has 5 nitrogen and oxygen atoms in total. The molecule has 0 aliphatic heterocycles. The lowest BCUT2D eigenvalue weighted by Crippen LogP contribution is -2.25. The highest BCUT2D eigenvalue weighted by molar-refractivity contribution is 5.94. The number of hydrogen-bond donors (Lipinski definition) is 1. The van der Waals surface area contributed by atoms with E-state index < -0.39 is 5.97 Å². The molecule has 0 unspecified atom stereocenters. The van der Waals surface area contributed by atoms with Gasteiger partial charge in [0.25, 0.3) is 0 Å². The van der Waals surface area contributed by atoms with Gasteiger partial charge in [-0.05, 0) is 32.0 Å². The van der Waals surface area contributed by atoms with Crippen molar-refractivity contribution in [3.63, 3.8) is 0 Å². The van der Waals surface area contributed by atoms with Crippen molar-refractivity contribution in [1.29, 1.82) is 0 Å². The monoisotopic (exact) mass is 271 g/mol. The molecule has 2 aromatic rings. The third-order valence-electron chi connectivity index (χ3n) is 3.05. The van der Waals surface area contributed by atoms with Crippen molar-refractivity contribution in [2.75, 3.05) is 11.4 Å². The molecular weight excluding hydrogens is 254 g/mol. The number of aromatic nitrogens is 2. The zero-order valence-corrected chi connectivity index (χ0v) is 11.6. The maximum Gasteiger partial charge on any atom is 0.339 e. The number of pyridine rings is 2. The van der Waals surface area contributed by atoms with Crippen molar-refractivity contribution in [3.8, 4) is 0 Å². The van der Waals surface area contributed by atoms with E-state index >= 15 is 0 Å².